The fourth-order valence-electron chi connectivity index (χ4n) is 3.22. The van der Waals surface area contributed by atoms with Gasteiger partial charge in [-0.2, -0.15) is 0 Å². The normalized spacial score (nSPS) is 25.7. The predicted molar refractivity (Wildman–Crippen MR) is 82.2 cm³/mol. The molecule has 2 unspecified atom stereocenters. The minimum Gasteiger partial charge on any atom is -0.495 e. The third-order valence-corrected chi connectivity index (χ3v) is 4.59. The van der Waals surface area contributed by atoms with E-state index in [2.05, 4.69) is 18.0 Å². The molecule has 0 radical (unpaired) electrons. The Labute approximate surface area is 121 Å². The lowest BCUT2D eigenvalue weighted by atomic mass is 9.88. The molecular formula is C16H26N2O2. The number of aliphatic hydroxyl groups is 1. The van der Waals surface area contributed by atoms with E-state index in [1.165, 1.54) is 0 Å². The summed E-state index contributed by atoms with van der Waals surface area (Å²) >= 11 is 0. The number of methoxy groups -OCH3 is 1. The molecule has 0 aliphatic heterocycles. The highest BCUT2D eigenvalue weighted by Crippen LogP contribution is 2.37. The Morgan fingerprint density at radius 1 is 1.45 bits per heavy atom. The van der Waals surface area contributed by atoms with E-state index in [1.54, 1.807) is 7.11 Å². The van der Waals surface area contributed by atoms with Gasteiger partial charge in [0.15, 0.2) is 0 Å². The van der Waals surface area contributed by atoms with Gasteiger partial charge in [0.1, 0.15) is 5.75 Å². The number of benzene rings is 1. The summed E-state index contributed by atoms with van der Waals surface area (Å²) in [6.45, 7) is 1.27. The molecule has 1 aliphatic carbocycles. The van der Waals surface area contributed by atoms with Gasteiger partial charge in [0.2, 0.25) is 0 Å². The first-order chi connectivity index (χ1) is 9.60. The molecule has 1 fully saturated rings. The smallest absolute Gasteiger partial charge is 0.142 e. The second-order valence-corrected chi connectivity index (χ2v) is 5.78. The van der Waals surface area contributed by atoms with Crippen molar-refractivity contribution in [1.82, 2.24) is 0 Å². The average Bonchev–Trinajstić information content (AvgIpc) is 2.86. The molecular weight excluding hydrogens is 252 g/mol. The Morgan fingerprint density at radius 2 is 2.20 bits per heavy atom. The van der Waals surface area contributed by atoms with Crippen LogP contribution in [0.15, 0.2) is 24.3 Å². The molecule has 1 saturated carbocycles. The molecule has 3 N–H and O–H groups in total. The minimum atomic E-state index is -0.651. The standard InChI is InChI=1S/C16H26N2O2/c1-18(14-7-3-4-8-15(14)20-2)11-9-13-6-5-10-16(13,19)12-17/h3-4,7-8,13,19H,5-6,9-12,17H2,1-2H3. The molecule has 0 spiro atoms. The number of hydrogen-bond acceptors (Lipinski definition) is 4. The van der Waals surface area contributed by atoms with Crippen LogP contribution in [0.2, 0.25) is 0 Å². The van der Waals surface area contributed by atoms with E-state index in [9.17, 15) is 5.11 Å². The molecule has 0 aromatic heterocycles. The molecule has 0 bridgehead atoms. The number of ether oxygens (including phenoxy) is 1. The molecule has 2 atom stereocenters. The van der Waals surface area contributed by atoms with Crippen LogP contribution in [-0.4, -0.2) is 38.0 Å². The summed E-state index contributed by atoms with van der Waals surface area (Å²) in [5, 5.41) is 10.5. The van der Waals surface area contributed by atoms with Crippen LogP contribution in [0.5, 0.6) is 5.75 Å². The second-order valence-electron chi connectivity index (χ2n) is 5.78. The van der Waals surface area contributed by atoms with Crippen molar-refractivity contribution in [3.63, 3.8) is 0 Å². The molecule has 0 heterocycles. The van der Waals surface area contributed by atoms with Gasteiger partial charge in [0.25, 0.3) is 0 Å². The van der Waals surface area contributed by atoms with Gasteiger partial charge >= 0.3 is 0 Å². The minimum absolute atomic E-state index is 0.310. The number of rotatable bonds is 6. The highest BCUT2D eigenvalue weighted by atomic mass is 16.5. The second kappa shape index (κ2) is 6.46. The molecule has 0 amide bonds. The van der Waals surface area contributed by atoms with Gasteiger partial charge in [0, 0.05) is 20.1 Å². The Kier molecular flexibility index (Phi) is 4.89. The Bertz CT molecular complexity index is 438. The first-order valence-corrected chi connectivity index (χ1v) is 7.37. The lowest BCUT2D eigenvalue weighted by Gasteiger charge is -2.30. The van der Waals surface area contributed by atoms with Crippen LogP contribution in [0.1, 0.15) is 25.7 Å². The molecule has 112 valence electrons. The van der Waals surface area contributed by atoms with Gasteiger partial charge in [-0.15, -0.1) is 0 Å². The maximum atomic E-state index is 10.5. The summed E-state index contributed by atoms with van der Waals surface area (Å²) in [4.78, 5) is 2.19. The van der Waals surface area contributed by atoms with Crippen LogP contribution in [0.3, 0.4) is 0 Å². The van der Waals surface area contributed by atoms with E-state index in [0.29, 0.717) is 12.5 Å². The first-order valence-electron chi connectivity index (χ1n) is 7.37. The predicted octanol–water partition coefficient (Wildman–Crippen LogP) is 2.01. The van der Waals surface area contributed by atoms with Crippen LogP contribution < -0.4 is 15.4 Å². The zero-order valence-corrected chi connectivity index (χ0v) is 12.5. The molecule has 4 heteroatoms. The van der Waals surface area contributed by atoms with Crippen LogP contribution >= 0.6 is 0 Å². The van der Waals surface area contributed by atoms with Crippen LogP contribution in [0.25, 0.3) is 0 Å². The Morgan fingerprint density at radius 3 is 2.90 bits per heavy atom. The summed E-state index contributed by atoms with van der Waals surface area (Å²) in [5.41, 5.74) is 6.17. The summed E-state index contributed by atoms with van der Waals surface area (Å²) in [7, 11) is 3.76. The Hall–Kier alpha value is -1.26. The van der Waals surface area contributed by atoms with Crippen LogP contribution in [0.4, 0.5) is 5.69 Å². The van der Waals surface area contributed by atoms with Gasteiger partial charge in [-0.1, -0.05) is 18.6 Å². The van der Waals surface area contributed by atoms with E-state index in [1.807, 2.05) is 18.2 Å². The molecule has 4 nitrogen and oxygen atoms in total. The number of nitrogens with two attached hydrogens (primary N) is 1. The largest absolute Gasteiger partial charge is 0.495 e. The highest BCUT2D eigenvalue weighted by Gasteiger charge is 2.39. The maximum absolute atomic E-state index is 10.5. The average molecular weight is 278 g/mol. The van der Waals surface area contributed by atoms with Crippen molar-refractivity contribution in [2.24, 2.45) is 11.7 Å². The SMILES string of the molecule is COc1ccccc1N(C)CCC1CCCC1(O)CN. The monoisotopic (exact) mass is 278 g/mol. The van der Waals surface area contributed by atoms with Crippen molar-refractivity contribution in [2.75, 3.05) is 32.1 Å². The molecule has 1 aromatic rings. The van der Waals surface area contributed by atoms with Crippen molar-refractivity contribution in [3.8, 4) is 5.75 Å². The van der Waals surface area contributed by atoms with Gasteiger partial charge in [0.05, 0.1) is 18.4 Å². The van der Waals surface area contributed by atoms with E-state index in [4.69, 9.17) is 10.5 Å². The van der Waals surface area contributed by atoms with E-state index in [-0.39, 0.29) is 0 Å². The maximum Gasteiger partial charge on any atom is 0.142 e. The third-order valence-electron chi connectivity index (χ3n) is 4.59. The number of anilines is 1. The van der Waals surface area contributed by atoms with Crippen molar-refractivity contribution in [1.29, 1.82) is 0 Å². The third kappa shape index (κ3) is 3.07. The van der Waals surface area contributed by atoms with Gasteiger partial charge in [-0.05, 0) is 37.3 Å². The van der Waals surface area contributed by atoms with E-state index in [0.717, 1.165) is 43.7 Å². The topological polar surface area (TPSA) is 58.7 Å². The summed E-state index contributed by atoms with van der Waals surface area (Å²) in [6.07, 6.45) is 3.96. The van der Waals surface area contributed by atoms with Crippen LogP contribution in [-0.2, 0) is 0 Å². The van der Waals surface area contributed by atoms with Gasteiger partial charge < -0.3 is 20.5 Å². The number of para-hydroxylation sites is 2. The summed E-state index contributed by atoms with van der Waals surface area (Å²) in [6, 6.07) is 8.01. The Balaban J connectivity index is 1.97. The highest BCUT2D eigenvalue weighted by molar-refractivity contribution is 5.57. The molecule has 0 saturated heterocycles. The quantitative estimate of drug-likeness (QED) is 0.836. The van der Waals surface area contributed by atoms with Gasteiger partial charge in [-0.3, -0.25) is 0 Å². The van der Waals surface area contributed by atoms with E-state index >= 15 is 0 Å². The first kappa shape index (κ1) is 15.1. The fourth-order valence-corrected chi connectivity index (χ4v) is 3.22. The fraction of sp³-hybridized carbons (Fsp3) is 0.625. The van der Waals surface area contributed by atoms with Crippen molar-refractivity contribution in [3.05, 3.63) is 24.3 Å². The molecule has 20 heavy (non-hydrogen) atoms. The van der Waals surface area contributed by atoms with Gasteiger partial charge in [-0.25, -0.2) is 0 Å². The molecule has 1 aromatic carbocycles. The zero-order chi connectivity index (χ0) is 14.6. The lowest BCUT2D eigenvalue weighted by molar-refractivity contribution is 0.00895. The van der Waals surface area contributed by atoms with E-state index < -0.39 is 5.60 Å². The number of nitrogens with zero attached hydrogens (tertiary/aromatic N) is 1. The summed E-state index contributed by atoms with van der Waals surface area (Å²) < 4.78 is 5.39. The van der Waals surface area contributed by atoms with Crippen LogP contribution in [0, 0.1) is 5.92 Å². The number of hydrogen-bond donors (Lipinski definition) is 2. The van der Waals surface area contributed by atoms with Crippen molar-refractivity contribution < 1.29 is 9.84 Å². The molecule has 1 aliphatic rings. The zero-order valence-electron chi connectivity index (χ0n) is 12.5. The molecule has 2 rings (SSSR count). The summed E-state index contributed by atoms with van der Waals surface area (Å²) in [5.74, 6) is 1.19. The lowest BCUT2D eigenvalue weighted by Crippen LogP contribution is -2.42. The van der Waals surface area contributed by atoms with Crippen molar-refractivity contribution in [2.45, 2.75) is 31.3 Å². The van der Waals surface area contributed by atoms with Crippen molar-refractivity contribution >= 4 is 5.69 Å².